The van der Waals surface area contributed by atoms with Crippen molar-refractivity contribution >= 4 is 40.2 Å². The Kier molecular flexibility index (Phi) is 5.15. The van der Waals surface area contributed by atoms with Gasteiger partial charge in [-0.05, 0) is 29.5 Å². The van der Waals surface area contributed by atoms with Crippen molar-refractivity contribution in [2.45, 2.75) is 0 Å². The van der Waals surface area contributed by atoms with Gasteiger partial charge in [0.25, 0.3) is 11.4 Å². The summed E-state index contributed by atoms with van der Waals surface area (Å²) in [6.45, 7) is 0. The topological polar surface area (TPSA) is 138 Å². The van der Waals surface area contributed by atoms with E-state index in [2.05, 4.69) is 21.3 Å². The molecule has 0 fully saturated rings. The third-order valence-corrected chi connectivity index (χ3v) is 3.53. The van der Waals surface area contributed by atoms with Crippen LogP contribution in [-0.2, 0) is 0 Å². The van der Waals surface area contributed by atoms with E-state index in [4.69, 9.17) is 11.6 Å². The molecule has 12 heteroatoms. The van der Waals surface area contributed by atoms with E-state index in [1.165, 1.54) is 59.8 Å². The Bertz CT molecular complexity index is 928. The minimum Gasteiger partial charge on any atom is -0.283 e. The van der Waals surface area contributed by atoms with Gasteiger partial charge in [0.2, 0.25) is 0 Å². The standard InChI is InChI=1S/C15H12ClN7O4/c16-14-9-15(17-10-1-5-12(6-2-10)21(24)25)20-23(19-14)18-11-3-7-13(8-4-11)22(26)27/h1-9,18-19H,(H,17,20). The second-order valence-electron chi connectivity index (χ2n) is 5.24. The fraction of sp³-hybridized carbons (Fsp3) is 0. The van der Waals surface area contributed by atoms with Gasteiger partial charge in [-0.2, -0.15) is 0 Å². The molecule has 27 heavy (non-hydrogen) atoms. The predicted molar refractivity (Wildman–Crippen MR) is 99.0 cm³/mol. The number of nitrogens with zero attached hydrogens (tertiary/aromatic N) is 4. The molecule has 0 saturated heterocycles. The largest absolute Gasteiger partial charge is 0.283 e. The van der Waals surface area contributed by atoms with Crippen LogP contribution in [0, 0.1) is 20.2 Å². The van der Waals surface area contributed by atoms with Gasteiger partial charge in [0, 0.05) is 30.3 Å². The van der Waals surface area contributed by atoms with Crippen LogP contribution in [0.1, 0.15) is 0 Å². The summed E-state index contributed by atoms with van der Waals surface area (Å²) in [7, 11) is 0. The number of nitrogens with one attached hydrogen (secondary N) is 3. The Hall–Kier alpha value is -3.70. The lowest BCUT2D eigenvalue weighted by Gasteiger charge is -2.29. The molecule has 138 valence electrons. The van der Waals surface area contributed by atoms with E-state index in [-0.39, 0.29) is 16.5 Å². The first-order valence-electron chi connectivity index (χ1n) is 7.45. The Morgan fingerprint density at radius 3 is 2.04 bits per heavy atom. The second-order valence-corrected chi connectivity index (χ2v) is 5.64. The van der Waals surface area contributed by atoms with E-state index in [0.29, 0.717) is 17.2 Å². The fourth-order valence-electron chi connectivity index (χ4n) is 2.12. The molecule has 0 amide bonds. The van der Waals surface area contributed by atoms with E-state index in [9.17, 15) is 20.2 Å². The quantitative estimate of drug-likeness (QED) is 0.403. The summed E-state index contributed by atoms with van der Waals surface area (Å²) in [5.41, 5.74) is 9.55. The molecule has 1 aliphatic rings. The van der Waals surface area contributed by atoms with Gasteiger partial charge in [-0.15, -0.1) is 0 Å². The molecule has 3 rings (SSSR count). The summed E-state index contributed by atoms with van der Waals surface area (Å²) in [5.74, 6) is 0.363. The van der Waals surface area contributed by atoms with Crippen molar-refractivity contribution in [2.75, 3.05) is 5.43 Å². The average Bonchev–Trinajstić information content (AvgIpc) is 2.62. The highest BCUT2D eigenvalue weighted by atomic mass is 35.5. The molecule has 0 unspecified atom stereocenters. The molecule has 1 heterocycles. The van der Waals surface area contributed by atoms with Gasteiger partial charge in [0.1, 0.15) is 11.0 Å². The Balaban J connectivity index is 1.72. The molecular weight excluding hydrogens is 378 g/mol. The van der Waals surface area contributed by atoms with Crippen LogP contribution in [-0.4, -0.2) is 20.9 Å². The molecule has 0 spiro atoms. The number of nitro benzene ring substituents is 2. The number of anilines is 1. The molecule has 3 N–H and O–H groups in total. The van der Waals surface area contributed by atoms with Crippen molar-refractivity contribution in [3.63, 3.8) is 0 Å². The first-order chi connectivity index (χ1) is 12.9. The number of hydrazine groups is 3. The number of benzene rings is 2. The molecule has 0 bridgehead atoms. The van der Waals surface area contributed by atoms with Crippen molar-refractivity contribution in [1.29, 1.82) is 0 Å². The molecule has 0 aliphatic carbocycles. The zero-order chi connectivity index (χ0) is 19.4. The van der Waals surface area contributed by atoms with Crippen LogP contribution in [0.25, 0.3) is 0 Å². The zero-order valence-electron chi connectivity index (χ0n) is 13.5. The highest BCUT2D eigenvalue weighted by Crippen LogP contribution is 2.19. The van der Waals surface area contributed by atoms with E-state index >= 15 is 0 Å². The molecule has 2 aromatic carbocycles. The maximum absolute atomic E-state index is 10.7. The van der Waals surface area contributed by atoms with Crippen LogP contribution in [0.3, 0.4) is 0 Å². The number of nitro groups is 2. The van der Waals surface area contributed by atoms with Gasteiger partial charge in [0.05, 0.1) is 21.2 Å². The number of halogens is 1. The van der Waals surface area contributed by atoms with Crippen molar-refractivity contribution in [3.8, 4) is 0 Å². The average molecular weight is 390 g/mol. The third kappa shape index (κ3) is 4.68. The summed E-state index contributed by atoms with van der Waals surface area (Å²) < 4.78 is 0. The first kappa shape index (κ1) is 18.1. The van der Waals surface area contributed by atoms with Crippen molar-refractivity contribution in [1.82, 2.24) is 16.1 Å². The molecule has 2 aromatic rings. The van der Waals surface area contributed by atoms with Gasteiger partial charge in [-0.25, -0.2) is 4.99 Å². The van der Waals surface area contributed by atoms with Gasteiger partial charge in [-0.1, -0.05) is 11.6 Å². The van der Waals surface area contributed by atoms with Crippen LogP contribution in [0.4, 0.5) is 22.7 Å². The molecule has 1 aliphatic heterocycles. The highest BCUT2D eigenvalue weighted by Gasteiger charge is 2.15. The number of hydrogen-bond acceptors (Lipinski definition) is 8. The number of amidine groups is 1. The molecule has 11 nitrogen and oxygen atoms in total. The van der Waals surface area contributed by atoms with Crippen LogP contribution >= 0.6 is 11.6 Å². The Labute approximate surface area is 157 Å². The fourth-order valence-corrected chi connectivity index (χ4v) is 2.31. The molecule has 0 saturated carbocycles. The van der Waals surface area contributed by atoms with Gasteiger partial charge >= 0.3 is 0 Å². The van der Waals surface area contributed by atoms with Crippen LogP contribution in [0.5, 0.6) is 0 Å². The molecule has 0 radical (unpaired) electrons. The lowest BCUT2D eigenvalue weighted by atomic mass is 10.3. The lowest BCUT2D eigenvalue weighted by Crippen LogP contribution is -2.55. The summed E-state index contributed by atoms with van der Waals surface area (Å²) in [6, 6.07) is 11.5. The van der Waals surface area contributed by atoms with Crippen LogP contribution < -0.4 is 16.3 Å². The molecule has 0 atom stereocenters. The lowest BCUT2D eigenvalue weighted by molar-refractivity contribution is -0.385. The number of aliphatic imine (C=N–C) groups is 1. The molecular formula is C15H12ClN7O4. The van der Waals surface area contributed by atoms with E-state index in [1.54, 1.807) is 0 Å². The smallest absolute Gasteiger partial charge is 0.269 e. The summed E-state index contributed by atoms with van der Waals surface area (Å²) in [6.07, 6.45) is 1.52. The van der Waals surface area contributed by atoms with E-state index in [1.807, 2.05) is 0 Å². The Morgan fingerprint density at radius 1 is 0.926 bits per heavy atom. The minimum atomic E-state index is -0.494. The minimum absolute atomic E-state index is 0.0292. The normalized spacial score (nSPS) is 15.4. The van der Waals surface area contributed by atoms with Gasteiger partial charge < -0.3 is 0 Å². The summed E-state index contributed by atoms with van der Waals surface area (Å²) in [4.78, 5) is 24.7. The van der Waals surface area contributed by atoms with E-state index < -0.39 is 9.85 Å². The van der Waals surface area contributed by atoms with Crippen LogP contribution in [0.2, 0.25) is 0 Å². The van der Waals surface area contributed by atoms with E-state index in [0.717, 1.165) is 0 Å². The molecule has 0 aromatic heterocycles. The maximum Gasteiger partial charge on any atom is 0.269 e. The SMILES string of the molecule is O=[N+]([O-])c1ccc(N=C2C=C(Cl)NN(Nc3ccc([N+](=O)[O-])cc3)N2)cc1. The number of non-ortho nitro benzene ring substituents is 2. The summed E-state index contributed by atoms with van der Waals surface area (Å²) >= 11 is 6.04. The number of hydrogen-bond donors (Lipinski definition) is 3. The monoisotopic (exact) mass is 389 g/mol. The maximum atomic E-state index is 10.7. The third-order valence-electron chi connectivity index (χ3n) is 3.34. The van der Waals surface area contributed by atoms with Crippen molar-refractivity contribution in [2.24, 2.45) is 4.99 Å². The van der Waals surface area contributed by atoms with Gasteiger partial charge in [-0.3, -0.25) is 36.5 Å². The predicted octanol–water partition coefficient (Wildman–Crippen LogP) is 2.97. The number of rotatable bonds is 5. The highest BCUT2D eigenvalue weighted by molar-refractivity contribution is 6.31. The zero-order valence-corrected chi connectivity index (χ0v) is 14.3. The second kappa shape index (κ2) is 7.68. The first-order valence-corrected chi connectivity index (χ1v) is 7.83. The van der Waals surface area contributed by atoms with Gasteiger partial charge in [0.15, 0.2) is 0 Å². The van der Waals surface area contributed by atoms with Crippen LogP contribution in [0.15, 0.2) is 64.8 Å². The van der Waals surface area contributed by atoms with Crippen molar-refractivity contribution in [3.05, 3.63) is 80.0 Å². The Morgan fingerprint density at radius 2 is 1.48 bits per heavy atom. The summed E-state index contributed by atoms with van der Waals surface area (Å²) in [5, 5.41) is 22.9. The van der Waals surface area contributed by atoms with Crippen molar-refractivity contribution < 1.29 is 9.85 Å².